The van der Waals surface area contributed by atoms with E-state index < -0.39 is 6.36 Å². The van der Waals surface area contributed by atoms with E-state index in [0.717, 1.165) is 12.8 Å². The van der Waals surface area contributed by atoms with Gasteiger partial charge in [-0.1, -0.05) is 32.8 Å². The Morgan fingerprint density at radius 1 is 1.20 bits per heavy atom. The van der Waals surface area contributed by atoms with Crippen LogP contribution in [0.15, 0.2) is 24.3 Å². The minimum Gasteiger partial charge on any atom is -0.406 e. The summed E-state index contributed by atoms with van der Waals surface area (Å²) in [5.41, 5.74) is 0.678. The summed E-state index contributed by atoms with van der Waals surface area (Å²) < 4.78 is 40.5. The van der Waals surface area contributed by atoms with Crippen molar-refractivity contribution < 1.29 is 17.9 Å². The second-order valence-electron chi connectivity index (χ2n) is 5.59. The maximum Gasteiger partial charge on any atom is 0.573 e. The first-order valence-corrected chi connectivity index (χ1v) is 6.97. The number of nitrogens with one attached hydrogen (secondary N) is 1. The van der Waals surface area contributed by atoms with Crippen LogP contribution >= 0.6 is 0 Å². The van der Waals surface area contributed by atoms with Gasteiger partial charge in [0.25, 0.3) is 0 Å². The summed E-state index contributed by atoms with van der Waals surface area (Å²) in [5, 5.41) is 3.34. The highest BCUT2D eigenvalue weighted by Gasteiger charge is 2.31. The largest absolute Gasteiger partial charge is 0.573 e. The summed E-state index contributed by atoms with van der Waals surface area (Å²) in [6.45, 7) is 4.42. The molecule has 3 unspecified atom stereocenters. The zero-order chi connectivity index (χ0) is 14.8. The molecule has 1 aromatic rings. The lowest BCUT2D eigenvalue weighted by Gasteiger charge is -2.35. The lowest BCUT2D eigenvalue weighted by Crippen LogP contribution is -2.35. The van der Waals surface area contributed by atoms with Crippen molar-refractivity contribution in [2.45, 2.75) is 45.5 Å². The van der Waals surface area contributed by atoms with Crippen LogP contribution in [0.25, 0.3) is 0 Å². The van der Waals surface area contributed by atoms with Gasteiger partial charge >= 0.3 is 6.36 Å². The SMILES string of the molecule is CC1CCCC(Nc2cccc(OC(F)(F)F)c2)C1C. The average molecular weight is 287 g/mol. The second-order valence-corrected chi connectivity index (χ2v) is 5.59. The van der Waals surface area contributed by atoms with E-state index in [1.807, 2.05) is 0 Å². The molecule has 3 atom stereocenters. The number of halogens is 3. The van der Waals surface area contributed by atoms with E-state index >= 15 is 0 Å². The normalized spacial score (nSPS) is 27.1. The topological polar surface area (TPSA) is 21.3 Å². The molecule has 2 nitrogen and oxygen atoms in total. The van der Waals surface area contributed by atoms with Gasteiger partial charge in [-0.05, 0) is 30.4 Å². The summed E-state index contributed by atoms with van der Waals surface area (Å²) in [7, 11) is 0. The average Bonchev–Trinajstić information content (AvgIpc) is 2.33. The monoisotopic (exact) mass is 287 g/mol. The Hall–Kier alpha value is -1.39. The molecule has 112 valence electrons. The summed E-state index contributed by atoms with van der Waals surface area (Å²) in [4.78, 5) is 0. The van der Waals surface area contributed by atoms with Crippen molar-refractivity contribution in [3.05, 3.63) is 24.3 Å². The van der Waals surface area contributed by atoms with Crippen molar-refractivity contribution in [2.24, 2.45) is 11.8 Å². The number of alkyl halides is 3. The quantitative estimate of drug-likeness (QED) is 0.860. The van der Waals surface area contributed by atoms with Gasteiger partial charge < -0.3 is 10.1 Å². The molecule has 0 saturated heterocycles. The molecule has 0 aliphatic heterocycles. The van der Waals surface area contributed by atoms with Crippen LogP contribution in [0.4, 0.5) is 18.9 Å². The van der Waals surface area contributed by atoms with Crippen LogP contribution in [-0.2, 0) is 0 Å². The van der Waals surface area contributed by atoms with E-state index in [1.165, 1.54) is 18.6 Å². The van der Waals surface area contributed by atoms with Crippen LogP contribution in [0, 0.1) is 11.8 Å². The van der Waals surface area contributed by atoms with Gasteiger partial charge in [0.2, 0.25) is 0 Å². The number of ether oxygens (including phenoxy) is 1. The Labute approximate surface area is 117 Å². The van der Waals surface area contributed by atoms with Gasteiger partial charge in [-0.3, -0.25) is 0 Å². The highest BCUT2D eigenvalue weighted by atomic mass is 19.4. The number of benzene rings is 1. The molecule has 2 rings (SSSR count). The molecule has 20 heavy (non-hydrogen) atoms. The first-order valence-electron chi connectivity index (χ1n) is 6.97. The smallest absolute Gasteiger partial charge is 0.406 e. The summed E-state index contributed by atoms with van der Waals surface area (Å²) >= 11 is 0. The molecule has 0 bridgehead atoms. The Balaban J connectivity index is 2.04. The third-order valence-electron chi connectivity index (χ3n) is 4.13. The predicted octanol–water partition coefficient (Wildman–Crippen LogP) is 4.82. The molecular formula is C15H20F3NO. The minimum atomic E-state index is -4.65. The molecule has 1 saturated carbocycles. The molecule has 0 spiro atoms. The molecule has 0 radical (unpaired) electrons. The fraction of sp³-hybridized carbons (Fsp3) is 0.600. The van der Waals surface area contributed by atoms with Crippen LogP contribution in [0.3, 0.4) is 0 Å². The highest BCUT2D eigenvalue weighted by molar-refractivity contribution is 5.49. The molecule has 1 aromatic carbocycles. The molecule has 0 aromatic heterocycles. The maximum atomic E-state index is 12.2. The predicted molar refractivity (Wildman–Crippen MR) is 72.7 cm³/mol. The van der Waals surface area contributed by atoms with E-state index in [4.69, 9.17) is 0 Å². The van der Waals surface area contributed by atoms with E-state index in [0.29, 0.717) is 23.6 Å². The van der Waals surface area contributed by atoms with Crippen molar-refractivity contribution in [3.63, 3.8) is 0 Å². The fourth-order valence-electron chi connectivity index (χ4n) is 2.78. The van der Waals surface area contributed by atoms with Crippen LogP contribution in [0.1, 0.15) is 33.1 Å². The van der Waals surface area contributed by atoms with Crippen molar-refractivity contribution in [1.82, 2.24) is 0 Å². The summed E-state index contributed by atoms with van der Waals surface area (Å²) in [5.74, 6) is 0.964. The van der Waals surface area contributed by atoms with Crippen molar-refractivity contribution in [2.75, 3.05) is 5.32 Å². The van der Waals surface area contributed by atoms with E-state index in [-0.39, 0.29) is 5.75 Å². The van der Waals surface area contributed by atoms with Crippen molar-refractivity contribution >= 4 is 5.69 Å². The minimum absolute atomic E-state index is 0.181. The first kappa shape index (κ1) is 15.0. The van der Waals surface area contributed by atoms with E-state index in [9.17, 15) is 13.2 Å². The molecule has 1 N–H and O–H groups in total. The number of hydrogen-bond acceptors (Lipinski definition) is 2. The van der Waals surface area contributed by atoms with Gasteiger partial charge in [0.1, 0.15) is 5.75 Å². The fourth-order valence-corrected chi connectivity index (χ4v) is 2.78. The van der Waals surface area contributed by atoms with Crippen molar-refractivity contribution in [1.29, 1.82) is 0 Å². The molecule has 1 aliphatic carbocycles. The Morgan fingerprint density at radius 3 is 2.65 bits per heavy atom. The maximum absolute atomic E-state index is 12.2. The molecule has 1 aliphatic rings. The summed E-state index contributed by atoms with van der Waals surface area (Å²) in [6.07, 6.45) is -1.22. The Kier molecular flexibility index (Phi) is 4.45. The zero-order valence-electron chi connectivity index (χ0n) is 11.7. The molecule has 0 amide bonds. The third kappa shape index (κ3) is 4.05. The van der Waals surface area contributed by atoms with Gasteiger partial charge in [-0.25, -0.2) is 0 Å². The van der Waals surface area contributed by atoms with Gasteiger partial charge in [-0.2, -0.15) is 0 Å². The van der Waals surface area contributed by atoms with Gasteiger partial charge in [0, 0.05) is 17.8 Å². The zero-order valence-corrected chi connectivity index (χ0v) is 11.7. The van der Waals surface area contributed by atoms with Gasteiger partial charge in [0.05, 0.1) is 0 Å². The summed E-state index contributed by atoms with van der Waals surface area (Å²) in [6, 6.07) is 6.36. The Bertz CT molecular complexity index is 447. The van der Waals surface area contributed by atoms with Gasteiger partial charge in [-0.15, -0.1) is 13.2 Å². The number of rotatable bonds is 3. The molecule has 0 heterocycles. The number of anilines is 1. The van der Waals surface area contributed by atoms with Gasteiger partial charge in [0.15, 0.2) is 0 Å². The van der Waals surface area contributed by atoms with Crippen LogP contribution in [0.2, 0.25) is 0 Å². The lowest BCUT2D eigenvalue weighted by molar-refractivity contribution is -0.274. The third-order valence-corrected chi connectivity index (χ3v) is 4.13. The highest BCUT2D eigenvalue weighted by Crippen LogP contribution is 2.32. The van der Waals surface area contributed by atoms with Crippen molar-refractivity contribution in [3.8, 4) is 5.75 Å². The second kappa shape index (κ2) is 5.94. The van der Waals surface area contributed by atoms with E-state index in [2.05, 4.69) is 23.9 Å². The number of hydrogen-bond donors (Lipinski definition) is 1. The van der Waals surface area contributed by atoms with E-state index in [1.54, 1.807) is 12.1 Å². The van der Waals surface area contributed by atoms with Crippen LogP contribution in [0.5, 0.6) is 5.75 Å². The van der Waals surface area contributed by atoms with Crippen LogP contribution < -0.4 is 10.1 Å². The Morgan fingerprint density at radius 2 is 1.95 bits per heavy atom. The molecular weight excluding hydrogens is 267 g/mol. The lowest BCUT2D eigenvalue weighted by atomic mass is 9.78. The first-order chi connectivity index (χ1) is 9.35. The van der Waals surface area contributed by atoms with Crippen LogP contribution in [-0.4, -0.2) is 12.4 Å². The molecule has 1 fully saturated rings. The standard InChI is InChI=1S/C15H20F3NO/c1-10-5-3-8-14(11(10)2)19-12-6-4-7-13(9-12)20-15(16,17)18/h4,6-7,9-11,14,19H,3,5,8H2,1-2H3. The molecule has 5 heteroatoms.